The van der Waals surface area contributed by atoms with E-state index in [1.807, 2.05) is 0 Å². The fourth-order valence-electron chi connectivity index (χ4n) is 3.57. The second-order valence-corrected chi connectivity index (χ2v) is 6.92. The Morgan fingerprint density at radius 2 is 2.00 bits per heavy atom. The van der Waals surface area contributed by atoms with Gasteiger partial charge in [0.25, 0.3) is 5.91 Å². The van der Waals surface area contributed by atoms with E-state index in [2.05, 4.69) is 4.98 Å². The molecule has 0 aliphatic carbocycles. The number of carbonyl (C=O) groups is 1. The molecule has 1 fully saturated rings. The Labute approximate surface area is 156 Å². The van der Waals surface area contributed by atoms with Crippen molar-refractivity contribution >= 4 is 11.7 Å². The first-order valence-corrected chi connectivity index (χ1v) is 9.00. The van der Waals surface area contributed by atoms with Crippen LogP contribution in [-0.4, -0.2) is 28.9 Å². The third kappa shape index (κ3) is 4.78. The quantitative estimate of drug-likeness (QED) is 0.870. The number of carbonyl (C=O) groups excluding carboxylic acids is 1. The summed E-state index contributed by atoms with van der Waals surface area (Å²) < 4.78 is 39.4. The summed E-state index contributed by atoms with van der Waals surface area (Å²) in [6.07, 6.45) is -0.144. The second kappa shape index (κ2) is 7.98. The summed E-state index contributed by atoms with van der Waals surface area (Å²) in [6.45, 7) is 1.20. The normalized spacial score (nSPS) is 17.7. The van der Waals surface area contributed by atoms with E-state index in [0.29, 0.717) is 42.9 Å². The zero-order valence-electron chi connectivity index (χ0n) is 14.9. The number of pyridine rings is 1. The van der Waals surface area contributed by atoms with E-state index >= 15 is 0 Å². The molecule has 27 heavy (non-hydrogen) atoms. The number of likely N-dealkylation sites (tertiary alicyclic amines) is 1. The largest absolute Gasteiger partial charge is 0.416 e. The highest BCUT2D eigenvalue weighted by atomic mass is 19.4. The lowest BCUT2D eigenvalue weighted by atomic mass is 9.90. The number of amides is 1. The van der Waals surface area contributed by atoms with Crippen LogP contribution in [0.25, 0.3) is 0 Å². The van der Waals surface area contributed by atoms with Crippen LogP contribution in [0.1, 0.15) is 40.7 Å². The van der Waals surface area contributed by atoms with Crippen LogP contribution < -0.4 is 5.73 Å². The van der Waals surface area contributed by atoms with Crippen molar-refractivity contribution in [2.24, 2.45) is 5.92 Å². The molecular weight excluding hydrogens is 355 g/mol. The molecule has 0 bridgehead atoms. The highest BCUT2D eigenvalue weighted by Crippen LogP contribution is 2.33. The summed E-state index contributed by atoms with van der Waals surface area (Å²) in [6, 6.07) is 8.94. The minimum absolute atomic E-state index is 0.108. The maximum atomic E-state index is 13.1. The van der Waals surface area contributed by atoms with Gasteiger partial charge in [-0.2, -0.15) is 13.2 Å². The summed E-state index contributed by atoms with van der Waals surface area (Å²) in [5, 5.41) is 0. The molecule has 4 nitrogen and oxygen atoms in total. The maximum Gasteiger partial charge on any atom is 0.416 e. The van der Waals surface area contributed by atoms with Gasteiger partial charge in [0.1, 0.15) is 5.82 Å². The van der Waals surface area contributed by atoms with Crippen molar-refractivity contribution in [2.75, 3.05) is 18.8 Å². The van der Waals surface area contributed by atoms with Gasteiger partial charge in [0, 0.05) is 19.3 Å². The topological polar surface area (TPSA) is 59.2 Å². The molecule has 1 aromatic heterocycles. The lowest BCUT2D eigenvalue weighted by molar-refractivity contribution is -0.138. The number of halogens is 3. The molecule has 7 heteroatoms. The Kier molecular flexibility index (Phi) is 5.68. The molecule has 1 aliphatic heterocycles. The second-order valence-electron chi connectivity index (χ2n) is 6.92. The maximum absolute atomic E-state index is 13.1. The zero-order chi connectivity index (χ0) is 19.4. The van der Waals surface area contributed by atoms with Crippen molar-refractivity contribution in [1.82, 2.24) is 9.88 Å². The summed E-state index contributed by atoms with van der Waals surface area (Å²) in [4.78, 5) is 18.3. The number of hydrogen-bond donors (Lipinski definition) is 1. The monoisotopic (exact) mass is 377 g/mol. The van der Waals surface area contributed by atoms with Gasteiger partial charge >= 0.3 is 6.18 Å². The van der Waals surface area contributed by atoms with Crippen LogP contribution >= 0.6 is 0 Å². The number of benzene rings is 1. The summed E-state index contributed by atoms with van der Waals surface area (Å²) in [5.41, 5.74) is 5.78. The van der Waals surface area contributed by atoms with Crippen molar-refractivity contribution in [3.05, 3.63) is 59.3 Å². The van der Waals surface area contributed by atoms with Crippen LogP contribution in [0.3, 0.4) is 0 Å². The van der Waals surface area contributed by atoms with Gasteiger partial charge in [-0.1, -0.05) is 18.2 Å². The summed E-state index contributed by atoms with van der Waals surface area (Å²) in [7, 11) is 0. The van der Waals surface area contributed by atoms with E-state index in [-0.39, 0.29) is 11.8 Å². The standard InChI is InChI=1S/C20H22F3N3O/c21-20(22,23)17-6-2-1-5-15(17)8-7-14-4-3-11-26(13-14)19(27)16-9-10-18(24)25-12-16/h1-2,5-6,9-10,12,14H,3-4,7-8,11,13H2,(H2,24,25). The molecule has 0 spiro atoms. The van der Waals surface area contributed by atoms with Crippen molar-refractivity contribution < 1.29 is 18.0 Å². The van der Waals surface area contributed by atoms with Crippen LogP contribution in [0, 0.1) is 5.92 Å². The van der Waals surface area contributed by atoms with E-state index in [1.54, 1.807) is 23.1 Å². The number of nitrogens with zero attached hydrogens (tertiary/aromatic N) is 2. The van der Waals surface area contributed by atoms with E-state index in [1.165, 1.54) is 18.3 Å². The first-order chi connectivity index (χ1) is 12.8. The van der Waals surface area contributed by atoms with Crippen LogP contribution in [0.2, 0.25) is 0 Å². The third-order valence-corrected chi connectivity index (χ3v) is 4.98. The lowest BCUT2D eigenvalue weighted by Crippen LogP contribution is -2.40. The minimum Gasteiger partial charge on any atom is -0.384 e. The third-order valence-electron chi connectivity index (χ3n) is 4.98. The van der Waals surface area contributed by atoms with Crippen molar-refractivity contribution in [3.63, 3.8) is 0 Å². The van der Waals surface area contributed by atoms with Crippen molar-refractivity contribution in [3.8, 4) is 0 Å². The number of hydrogen-bond acceptors (Lipinski definition) is 3. The highest BCUT2D eigenvalue weighted by Gasteiger charge is 2.33. The number of rotatable bonds is 4. The van der Waals surface area contributed by atoms with Crippen LogP contribution in [0.5, 0.6) is 0 Å². The predicted octanol–water partition coefficient (Wildman–Crippen LogP) is 4.17. The Morgan fingerprint density at radius 1 is 1.22 bits per heavy atom. The lowest BCUT2D eigenvalue weighted by Gasteiger charge is -2.33. The molecule has 1 saturated heterocycles. The number of nitrogen functional groups attached to an aromatic ring is 1. The number of nitrogens with two attached hydrogens (primary N) is 1. The fraction of sp³-hybridized carbons (Fsp3) is 0.400. The predicted molar refractivity (Wildman–Crippen MR) is 97.0 cm³/mol. The Bertz CT molecular complexity index is 790. The molecule has 3 rings (SSSR count). The number of piperidine rings is 1. The van der Waals surface area contributed by atoms with Crippen LogP contribution in [-0.2, 0) is 12.6 Å². The number of aryl methyl sites for hydroxylation is 1. The van der Waals surface area contributed by atoms with Gasteiger partial charge in [0.15, 0.2) is 0 Å². The van der Waals surface area contributed by atoms with Crippen molar-refractivity contribution in [1.29, 1.82) is 0 Å². The van der Waals surface area contributed by atoms with Gasteiger partial charge in [0.2, 0.25) is 0 Å². The first kappa shape index (κ1) is 19.2. The van der Waals surface area contributed by atoms with Gasteiger partial charge in [-0.05, 0) is 55.4 Å². The Morgan fingerprint density at radius 3 is 2.70 bits per heavy atom. The Balaban J connectivity index is 1.62. The fourth-order valence-corrected chi connectivity index (χ4v) is 3.57. The van der Waals surface area contributed by atoms with Gasteiger partial charge in [-0.15, -0.1) is 0 Å². The molecule has 0 saturated carbocycles. The molecule has 1 amide bonds. The molecule has 1 atom stereocenters. The molecular formula is C20H22F3N3O. The molecule has 0 radical (unpaired) electrons. The van der Waals surface area contributed by atoms with E-state index in [4.69, 9.17) is 5.73 Å². The molecule has 1 unspecified atom stereocenters. The van der Waals surface area contributed by atoms with Crippen LogP contribution in [0.4, 0.5) is 19.0 Å². The molecule has 1 aliphatic rings. The smallest absolute Gasteiger partial charge is 0.384 e. The van der Waals surface area contributed by atoms with E-state index in [9.17, 15) is 18.0 Å². The zero-order valence-corrected chi connectivity index (χ0v) is 14.9. The van der Waals surface area contributed by atoms with Gasteiger partial charge in [0.05, 0.1) is 11.1 Å². The number of aromatic nitrogens is 1. The highest BCUT2D eigenvalue weighted by molar-refractivity contribution is 5.94. The molecule has 2 aromatic rings. The average Bonchev–Trinajstić information content (AvgIpc) is 2.66. The van der Waals surface area contributed by atoms with E-state index in [0.717, 1.165) is 18.9 Å². The average molecular weight is 377 g/mol. The van der Waals surface area contributed by atoms with Gasteiger partial charge in [-0.25, -0.2) is 4.98 Å². The SMILES string of the molecule is Nc1ccc(C(=O)N2CCCC(CCc3ccccc3C(F)(F)F)C2)cn1. The van der Waals surface area contributed by atoms with Crippen molar-refractivity contribution in [2.45, 2.75) is 31.9 Å². The molecule has 2 N–H and O–H groups in total. The first-order valence-electron chi connectivity index (χ1n) is 9.00. The minimum atomic E-state index is -4.34. The number of alkyl halides is 3. The molecule has 2 heterocycles. The molecule has 144 valence electrons. The summed E-state index contributed by atoms with van der Waals surface area (Å²) >= 11 is 0. The van der Waals surface area contributed by atoms with Crippen LogP contribution in [0.15, 0.2) is 42.6 Å². The van der Waals surface area contributed by atoms with E-state index < -0.39 is 11.7 Å². The number of anilines is 1. The Hall–Kier alpha value is -2.57. The van der Waals surface area contributed by atoms with Gasteiger partial charge < -0.3 is 10.6 Å². The summed E-state index contributed by atoms with van der Waals surface area (Å²) in [5.74, 6) is 0.431. The van der Waals surface area contributed by atoms with Gasteiger partial charge in [-0.3, -0.25) is 4.79 Å². The molecule has 1 aromatic carbocycles.